The molecule has 0 aromatic heterocycles. The van der Waals surface area contributed by atoms with Crippen LogP contribution in [0.1, 0.15) is 29.9 Å². The first-order valence-electron chi connectivity index (χ1n) is 16.9. The number of aromatic hydroxyl groups is 1. The third-order valence-corrected chi connectivity index (χ3v) is 13.0. The zero-order valence-electron chi connectivity index (χ0n) is 27.3. The number of likely N-dealkylation sites (tertiary alicyclic amines) is 1. The molecule has 4 amide bonds. The normalized spacial score (nSPS) is 30.3. The van der Waals surface area contributed by atoms with Crippen molar-refractivity contribution in [2.75, 3.05) is 41.6 Å². The number of hydrogen-bond donors (Lipinski definition) is 1. The number of carbonyl (C=O) groups excluding carboxylic acids is 4. The second-order valence-corrected chi connectivity index (χ2v) is 15.4. The van der Waals surface area contributed by atoms with Gasteiger partial charge in [-0.1, -0.05) is 64.0 Å². The lowest BCUT2D eigenvalue weighted by atomic mass is 9.56. The van der Waals surface area contributed by atoms with Gasteiger partial charge >= 0.3 is 0 Å². The largest absolute Gasteiger partial charge is 0.508 e. The third kappa shape index (κ3) is 5.22. The van der Waals surface area contributed by atoms with E-state index in [4.69, 9.17) is 32.7 Å². The van der Waals surface area contributed by atoms with Gasteiger partial charge in [0.2, 0.25) is 11.8 Å². The number of imide groups is 2. The van der Waals surface area contributed by atoms with Gasteiger partial charge in [-0.2, -0.15) is 0 Å². The van der Waals surface area contributed by atoms with Crippen molar-refractivity contribution in [1.29, 1.82) is 0 Å². The van der Waals surface area contributed by atoms with Gasteiger partial charge in [0.1, 0.15) is 18.1 Å². The molecule has 3 aromatic carbocycles. The lowest BCUT2D eigenvalue weighted by molar-refractivity contribution is -0.138. The molecule has 264 valence electrons. The molecular weight excluding hydrogens is 761 g/mol. The number of fused-ring (bicyclic) bond motifs is 4. The van der Waals surface area contributed by atoms with E-state index in [0.717, 1.165) is 29.2 Å². The highest BCUT2D eigenvalue weighted by Gasteiger charge is 2.76. The molecule has 2 aliphatic carbocycles. The third-order valence-electron chi connectivity index (χ3n) is 11.1. The number of benzene rings is 3. The second kappa shape index (κ2) is 12.9. The van der Waals surface area contributed by atoms with E-state index in [0.29, 0.717) is 30.2 Å². The zero-order chi connectivity index (χ0) is 35.7. The summed E-state index contributed by atoms with van der Waals surface area (Å²) in [6.45, 7) is 3.01. The minimum Gasteiger partial charge on any atom is -0.508 e. The van der Waals surface area contributed by atoms with Gasteiger partial charge in [-0.15, -0.1) is 23.2 Å². The molecule has 51 heavy (non-hydrogen) atoms. The van der Waals surface area contributed by atoms with Crippen molar-refractivity contribution >= 4 is 74.1 Å². The summed E-state index contributed by atoms with van der Waals surface area (Å²) in [5, 5.41) is 11.5. The Labute approximate surface area is 313 Å². The molecule has 5 aliphatic rings. The molecule has 0 spiro atoms. The molecule has 0 bridgehead atoms. The number of amides is 4. The van der Waals surface area contributed by atoms with Gasteiger partial charge in [0.15, 0.2) is 9.75 Å². The van der Waals surface area contributed by atoms with Crippen LogP contribution in [0.3, 0.4) is 0 Å². The Hall–Kier alpha value is -3.90. The highest BCUT2D eigenvalue weighted by molar-refractivity contribution is 9.09. The summed E-state index contributed by atoms with van der Waals surface area (Å²) in [5.41, 5.74) is 3.09. The SMILES string of the molecule is O=C1[C@H]2[C@H](CC=C3[C@H]2C[C@@]2(Cl)C(=O)N(CBr)C(=O)[C@@]2(Cl)[C@H]3c2ccc(OCc3ccccc3)cc2O)C(=O)N1c1ccc(N2CCOCC2)cc1. The molecule has 1 saturated carbocycles. The number of morpholine rings is 1. The summed E-state index contributed by atoms with van der Waals surface area (Å²) in [6.07, 6.45) is 1.92. The van der Waals surface area contributed by atoms with E-state index in [2.05, 4.69) is 20.8 Å². The molecular formula is C38H34BrCl2N3O7. The number of alkyl halides is 3. The predicted octanol–water partition coefficient (Wildman–Crippen LogP) is 5.72. The van der Waals surface area contributed by atoms with Crippen molar-refractivity contribution in [2.45, 2.75) is 35.1 Å². The van der Waals surface area contributed by atoms with Crippen LogP contribution in [0.5, 0.6) is 11.5 Å². The first-order chi connectivity index (χ1) is 24.6. The van der Waals surface area contributed by atoms with Gasteiger partial charge in [-0.25, -0.2) is 0 Å². The van der Waals surface area contributed by atoms with Crippen LogP contribution in [0, 0.1) is 17.8 Å². The quantitative estimate of drug-likeness (QED) is 0.140. The number of hydrogen-bond acceptors (Lipinski definition) is 8. The number of anilines is 2. The average molecular weight is 796 g/mol. The lowest BCUT2D eigenvalue weighted by Gasteiger charge is -2.50. The van der Waals surface area contributed by atoms with Crippen molar-refractivity contribution < 1.29 is 33.8 Å². The molecule has 10 nitrogen and oxygen atoms in total. The summed E-state index contributed by atoms with van der Waals surface area (Å²) in [6, 6.07) is 21.6. The van der Waals surface area contributed by atoms with Crippen LogP contribution in [-0.4, -0.2) is 75.1 Å². The molecule has 3 heterocycles. The maximum absolute atomic E-state index is 14.4. The van der Waals surface area contributed by atoms with Crippen LogP contribution >= 0.6 is 39.1 Å². The van der Waals surface area contributed by atoms with Crippen LogP contribution in [0.15, 0.2) is 84.4 Å². The van der Waals surface area contributed by atoms with Gasteiger partial charge in [0.25, 0.3) is 11.8 Å². The van der Waals surface area contributed by atoms with Crippen molar-refractivity contribution in [2.24, 2.45) is 17.8 Å². The molecule has 3 saturated heterocycles. The summed E-state index contributed by atoms with van der Waals surface area (Å²) < 4.78 is 11.4. The molecule has 3 aliphatic heterocycles. The fourth-order valence-corrected chi connectivity index (χ4v) is 10.0. The maximum Gasteiger partial charge on any atom is 0.254 e. The number of phenols is 1. The topological polar surface area (TPSA) is 117 Å². The van der Waals surface area contributed by atoms with E-state index in [-0.39, 0.29) is 42.1 Å². The minimum atomic E-state index is -2.03. The molecule has 6 atom stereocenters. The van der Waals surface area contributed by atoms with E-state index < -0.39 is 51.1 Å². The fourth-order valence-electron chi connectivity index (χ4n) is 8.59. The van der Waals surface area contributed by atoms with E-state index in [1.54, 1.807) is 24.3 Å². The molecule has 3 aromatic rings. The molecule has 8 rings (SSSR count). The Morgan fingerprint density at radius 3 is 2.27 bits per heavy atom. The number of carbonyl (C=O) groups is 4. The van der Waals surface area contributed by atoms with Gasteiger partial charge < -0.3 is 19.5 Å². The summed E-state index contributed by atoms with van der Waals surface area (Å²) in [4.78, 5) is 56.9. The standard InChI is InChI=1S/C38H34BrCl2N3O7/c39-21-43-35(48)37(40)19-29-26(32(38(37,41)36(43)49)27-11-10-25(18-30(27)45)51-20-22-4-2-1-3-5-22)12-13-28-31(29)34(47)44(33(28)46)24-8-6-23(7-9-24)42-14-16-50-17-15-42/h1-12,18,28-29,31-32,45H,13-17,19-21H2/t28-,29+,31-,32+,37+,38-/m0/s1. The zero-order valence-corrected chi connectivity index (χ0v) is 30.4. The summed E-state index contributed by atoms with van der Waals surface area (Å²) in [5.74, 6) is -5.31. The minimum absolute atomic E-state index is 0.139. The lowest BCUT2D eigenvalue weighted by Crippen LogP contribution is -2.60. The Morgan fingerprint density at radius 2 is 1.59 bits per heavy atom. The van der Waals surface area contributed by atoms with Crippen molar-refractivity contribution in [3.63, 3.8) is 0 Å². The van der Waals surface area contributed by atoms with Gasteiger partial charge in [-0.3, -0.25) is 29.0 Å². The fraction of sp³-hybridized carbons (Fsp3) is 0.368. The first kappa shape index (κ1) is 34.2. The van der Waals surface area contributed by atoms with Crippen LogP contribution in [0.4, 0.5) is 11.4 Å². The molecule has 1 N–H and O–H groups in total. The summed E-state index contributed by atoms with van der Waals surface area (Å²) in [7, 11) is 0. The Bertz CT molecular complexity index is 1960. The monoisotopic (exact) mass is 793 g/mol. The van der Waals surface area contributed by atoms with Crippen LogP contribution in [0.25, 0.3) is 0 Å². The predicted molar refractivity (Wildman–Crippen MR) is 194 cm³/mol. The number of ether oxygens (including phenoxy) is 2. The number of allylic oxidation sites excluding steroid dienone is 2. The number of nitrogens with zero attached hydrogens (tertiary/aromatic N) is 3. The number of phenolic OH excluding ortho intramolecular Hbond substituents is 1. The summed E-state index contributed by atoms with van der Waals surface area (Å²) >= 11 is 17.9. The van der Waals surface area contributed by atoms with Gasteiger partial charge in [-0.05, 0) is 54.7 Å². The van der Waals surface area contributed by atoms with Gasteiger partial charge in [0, 0.05) is 36.3 Å². The highest BCUT2D eigenvalue weighted by Crippen LogP contribution is 2.66. The van der Waals surface area contributed by atoms with E-state index in [9.17, 15) is 24.3 Å². The first-order valence-corrected chi connectivity index (χ1v) is 18.8. The van der Waals surface area contributed by atoms with Gasteiger partial charge in [0.05, 0.1) is 36.2 Å². The maximum atomic E-state index is 14.4. The Morgan fingerprint density at radius 1 is 0.882 bits per heavy atom. The highest BCUT2D eigenvalue weighted by atomic mass is 79.9. The van der Waals surface area contributed by atoms with Crippen LogP contribution in [-0.2, 0) is 30.5 Å². The number of halogens is 3. The van der Waals surface area contributed by atoms with E-state index in [1.165, 1.54) is 11.0 Å². The van der Waals surface area contributed by atoms with E-state index >= 15 is 0 Å². The van der Waals surface area contributed by atoms with Crippen LogP contribution in [0.2, 0.25) is 0 Å². The molecule has 13 heteroatoms. The molecule has 0 unspecified atom stereocenters. The van der Waals surface area contributed by atoms with Crippen molar-refractivity contribution in [1.82, 2.24) is 4.90 Å². The van der Waals surface area contributed by atoms with Crippen LogP contribution < -0.4 is 14.5 Å². The van der Waals surface area contributed by atoms with E-state index in [1.807, 2.05) is 48.5 Å². The Kier molecular flexibility index (Phi) is 8.68. The Balaban J connectivity index is 1.16. The second-order valence-electron chi connectivity index (χ2n) is 13.6. The van der Waals surface area contributed by atoms with Crippen molar-refractivity contribution in [3.8, 4) is 11.5 Å². The smallest absolute Gasteiger partial charge is 0.254 e. The number of rotatable bonds is 7. The molecule has 0 radical (unpaired) electrons. The average Bonchev–Trinajstić information content (AvgIpc) is 3.49. The molecule has 4 fully saturated rings. The van der Waals surface area contributed by atoms with Crippen molar-refractivity contribution in [3.05, 3.63) is 95.6 Å².